The Balaban J connectivity index is 2.36. The molecule has 0 aliphatic rings. The summed E-state index contributed by atoms with van der Waals surface area (Å²) in [7, 11) is 1.60. The minimum atomic E-state index is -0.269. The van der Waals surface area contributed by atoms with Gasteiger partial charge in [0.25, 0.3) is 0 Å². The predicted octanol–water partition coefficient (Wildman–Crippen LogP) is 0.420. The van der Waals surface area contributed by atoms with Crippen LogP contribution in [0.4, 0.5) is 0 Å². The molecule has 106 valence electrons. The van der Waals surface area contributed by atoms with Crippen molar-refractivity contribution in [3.63, 3.8) is 0 Å². The molecule has 0 fully saturated rings. The third-order valence-electron chi connectivity index (χ3n) is 2.79. The van der Waals surface area contributed by atoms with Crippen molar-refractivity contribution in [3.05, 3.63) is 35.4 Å². The molecule has 0 aromatic heterocycles. The normalized spacial score (nSPS) is 12.2. The summed E-state index contributed by atoms with van der Waals surface area (Å²) in [6.07, 6.45) is 0. The van der Waals surface area contributed by atoms with Gasteiger partial charge in [-0.15, -0.1) is 0 Å². The van der Waals surface area contributed by atoms with Crippen LogP contribution in [0.5, 0.6) is 0 Å². The summed E-state index contributed by atoms with van der Waals surface area (Å²) in [5, 5.41) is 15.0. The zero-order valence-electron chi connectivity index (χ0n) is 11.5. The molecule has 1 rings (SSSR count). The van der Waals surface area contributed by atoms with Crippen LogP contribution >= 0.6 is 0 Å². The minimum absolute atomic E-state index is 0.0287. The molecule has 0 saturated heterocycles. The highest BCUT2D eigenvalue weighted by Gasteiger charge is 2.11. The van der Waals surface area contributed by atoms with Crippen molar-refractivity contribution in [1.29, 1.82) is 0 Å². The molecule has 0 bridgehead atoms. The van der Waals surface area contributed by atoms with E-state index in [0.717, 1.165) is 11.1 Å². The zero-order valence-corrected chi connectivity index (χ0v) is 11.5. The Bertz CT molecular complexity index is 396. The summed E-state index contributed by atoms with van der Waals surface area (Å²) < 4.78 is 4.87. The summed E-state index contributed by atoms with van der Waals surface area (Å²) in [5.41, 5.74) is 1.92. The van der Waals surface area contributed by atoms with Crippen LogP contribution < -0.4 is 10.6 Å². The average molecular weight is 266 g/mol. The average Bonchev–Trinajstić information content (AvgIpc) is 2.45. The van der Waals surface area contributed by atoms with Crippen molar-refractivity contribution in [2.24, 2.45) is 0 Å². The first-order chi connectivity index (χ1) is 9.17. The molecule has 1 amide bonds. The van der Waals surface area contributed by atoms with Gasteiger partial charge in [-0.25, -0.2) is 0 Å². The number of carbonyl (C=O) groups is 1. The largest absolute Gasteiger partial charge is 0.392 e. The standard InChI is InChI=1S/C14H22N2O3/c1-11(14(18)15-6-7-19-2)16-9-12-4-3-5-13(8-12)10-17/h3-5,8,11,16-17H,6-7,9-10H2,1-2H3,(H,15,18). The van der Waals surface area contributed by atoms with Crippen LogP contribution in [0.2, 0.25) is 0 Å². The van der Waals surface area contributed by atoms with Crippen LogP contribution in [0.3, 0.4) is 0 Å². The minimum Gasteiger partial charge on any atom is -0.392 e. The summed E-state index contributed by atoms with van der Waals surface area (Å²) in [5.74, 6) is -0.0460. The monoisotopic (exact) mass is 266 g/mol. The lowest BCUT2D eigenvalue weighted by molar-refractivity contribution is -0.122. The lowest BCUT2D eigenvalue weighted by Gasteiger charge is -2.14. The zero-order chi connectivity index (χ0) is 14.1. The summed E-state index contributed by atoms with van der Waals surface area (Å²) in [6.45, 7) is 3.46. The van der Waals surface area contributed by atoms with Gasteiger partial charge in [0, 0.05) is 20.2 Å². The molecule has 1 unspecified atom stereocenters. The fourth-order valence-corrected chi connectivity index (χ4v) is 1.63. The van der Waals surface area contributed by atoms with Crippen molar-refractivity contribution in [2.45, 2.75) is 26.1 Å². The molecule has 1 aromatic rings. The molecule has 0 saturated carbocycles. The summed E-state index contributed by atoms with van der Waals surface area (Å²) in [4.78, 5) is 11.7. The van der Waals surface area contributed by atoms with E-state index in [4.69, 9.17) is 9.84 Å². The first-order valence-corrected chi connectivity index (χ1v) is 6.36. The maximum absolute atomic E-state index is 11.7. The van der Waals surface area contributed by atoms with Gasteiger partial charge in [0.2, 0.25) is 5.91 Å². The van der Waals surface area contributed by atoms with Crippen LogP contribution in [0.1, 0.15) is 18.1 Å². The van der Waals surface area contributed by atoms with Crippen LogP contribution in [0.25, 0.3) is 0 Å². The first kappa shape index (κ1) is 15.6. The number of hydrogen-bond acceptors (Lipinski definition) is 4. The van der Waals surface area contributed by atoms with Crippen LogP contribution in [0.15, 0.2) is 24.3 Å². The maximum atomic E-state index is 11.7. The van der Waals surface area contributed by atoms with E-state index >= 15 is 0 Å². The lowest BCUT2D eigenvalue weighted by atomic mass is 10.1. The lowest BCUT2D eigenvalue weighted by Crippen LogP contribution is -2.42. The Morgan fingerprint density at radius 1 is 1.42 bits per heavy atom. The van der Waals surface area contributed by atoms with Gasteiger partial charge in [-0.3, -0.25) is 4.79 Å². The van der Waals surface area contributed by atoms with Crippen LogP contribution in [-0.2, 0) is 22.7 Å². The molecular formula is C14H22N2O3. The van der Waals surface area contributed by atoms with Gasteiger partial charge >= 0.3 is 0 Å². The van der Waals surface area contributed by atoms with E-state index in [2.05, 4.69) is 10.6 Å². The SMILES string of the molecule is COCCNC(=O)C(C)NCc1cccc(CO)c1. The van der Waals surface area contributed by atoms with Crippen LogP contribution in [-0.4, -0.2) is 37.3 Å². The Hall–Kier alpha value is -1.43. The summed E-state index contributed by atoms with van der Waals surface area (Å²) in [6, 6.07) is 7.37. The van der Waals surface area contributed by atoms with Gasteiger partial charge in [0.1, 0.15) is 0 Å². The van der Waals surface area contributed by atoms with Crippen LogP contribution in [0, 0.1) is 0 Å². The second kappa shape index (κ2) is 8.63. The molecular weight excluding hydrogens is 244 g/mol. The van der Waals surface area contributed by atoms with E-state index in [1.807, 2.05) is 31.2 Å². The number of aliphatic hydroxyl groups is 1. The molecule has 0 heterocycles. The van der Waals surface area contributed by atoms with Gasteiger partial charge in [-0.2, -0.15) is 0 Å². The van der Waals surface area contributed by atoms with Crippen molar-refractivity contribution in [3.8, 4) is 0 Å². The predicted molar refractivity (Wildman–Crippen MR) is 73.6 cm³/mol. The molecule has 19 heavy (non-hydrogen) atoms. The third kappa shape index (κ3) is 5.83. The third-order valence-corrected chi connectivity index (χ3v) is 2.79. The second-order valence-electron chi connectivity index (χ2n) is 4.36. The molecule has 5 nitrogen and oxygen atoms in total. The van der Waals surface area contributed by atoms with Crippen molar-refractivity contribution in [2.75, 3.05) is 20.3 Å². The highest BCUT2D eigenvalue weighted by molar-refractivity contribution is 5.81. The number of hydrogen-bond donors (Lipinski definition) is 3. The number of rotatable bonds is 8. The molecule has 3 N–H and O–H groups in total. The number of benzene rings is 1. The number of aliphatic hydroxyl groups excluding tert-OH is 1. The van der Waals surface area contributed by atoms with E-state index in [1.165, 1.54) is 0 Å². The Morgan fingerprint density at radius 3 is 2.84 bits per heavy atom. The van der Waals surface area contributed by atoms with Gasteiger partial charge in [0.05, 0.1) is 19.3 Å². The number of nitrogens with one attached hydrogen (secondary N) is 2. The number of amides is 1. The first-order valence-electron chi connectivity index (χ1n) is 6.36. The highest BCUT2D eigenvalue weighted by Crippen LogP contribution is 2.05. The van der Waals surface area contributed by atoms with E-state index in [-0.39, 0.29) is 18.6 Å². The molecule has 1 atom stereocenters. The van der Waals surface area contributed by atoms with E-state index in [9.17, 15) is 4.79 Å². The molecule has 5 heteroatoms. The Morgan fingerprint density at radius 2 is 2.16 bits per heavy atom. The maximum Gasteiger partial charge on any atom is 0.236 e. The van der Waals surface area contributed by atoms with Crippen molar-refractivity contribution >= 4 is 5.91 Å². The fraction of sp³-hybridized carbons (Fsp3) is 0.500. The second-order valence-corrected chi connectivity index (χ2v) is 4.36. The van der Waals surface area contributed by atoms with E-state index in [1.54, 1.807) is 7.11 Å². The number of carbonyl (C=O) groups excluding carboxylic acids is 1. The molecule has 0 aliphatic carbocycles. The molecule has 0 aliphatic heterocycles. The topological polar surface area (TPSA) is 70.6 Å². The van der Waals surface area contributed by atoms with E-state index < -0.39 is 0 Å². The number of ether oxygens (including phenoxy) is 1. The van der Waals surface area contributed by atoms with E-state index in [0.29, 0.717) is 19.7 Å². The highest BCUT2D eigenvalue weighted by atomic mass is 16.5. The van der Waals surface area contributed by atoms with Gasteiger partial charge in [-0.05, 0) is 18.1 Å². The van der Waals surface area contributed by atoms with Crippen molar-refractivity contribution < 1.29 is 14.6 Å². The molecule has 1 aromatic carbocycles. The molecule has 0 spiro atoms. The Labute approximate surface area is 114 Å². The van der Waals surface area contributed by atoms with Crippen molar-refractivity contribution in [1.82, 2.24) is 10.6 Å². The Kier molecular flexibility index (Phi) is 7.10. The van der Waals surface area contributed by atoms with Gasteiger partial charge in [0.15, 0.2) is 0 Å². The quantitative estimate of drug-likeness (QED) is 0.596. The smallest absolute Gasteiger partial charge is 0.236 e. The van der Waals surface area contributed by atoms with Gasteiger partial charge in [-0.1, -0.05) is 24.3 Å². The molecule has 0 radical (unpaired) electrons. The summed E-state index contributed by atoms with van der Waals surface area (Å²) >= 11 is 0. The number of methoxy groups -OCH3 is 1. The van der Waals surface area contributed by atoms with Gasteiger partial charge < -0.3 is 20.5 Å². The fourth-order valence-electron chi connectivity index (χ4n) is 1.63.